The number of carbonyl (C=O) groups is 1. The van der Waals surface area contributed by atoms with Gasteiger partial charge in [0, 0.05) is 30.9 Å². The van der Waals surface area contributed by atoms with Crippen molar-refractivity contribution in [3.8, 4) is 11.3 Å². The molecule has 1 aliphatic rings. The SMILES string of the molecule is Cc1c(C(=O)NCCN2CCCC2)cnc2cc(-c3ccccc3Cl)nn12. The van der Waals surface area contributed by atoms with Crippen molar-refractivity contribution in [2.24, 2.45) is 0 Å². The van der Waals surface area contributed by atoms with Crippen LogP contribution in [0.1, 0.15) is 28.9 Å². The Hall–Kier alpha value is -2.44. The fourth-order valence-corrected chi connectivity index (χ4v) is 3.73. The summed E-state index contributed by atoms with van der Waals surface area (Å²) in [6.07, 6.45) is 4.12. The van der Waals surface area contributed by atoms with Gasteiger partial charge in [0.25, 0.3) is 5.91 Å². The fraction of sp³-hybridized carbons (Fsp3) is 0.350. The number of rotatable bonds is 5. The molecule has 0 bridgehead atoms. The number of halogens is 1. The molecule has 0 unspecified atom stereocenters. The molecule has 4 rings (SSSR count). The van der Waals surface area contributed by atoms with Gasteiger partial charge in [-0.2, -0.15) is 5.10 Å². The Morgan fingerprint density at radius 1 is 1.26 bits per heavy atom. The molecule has 1 aromatic carbocycles. The number of nitrogens with zero attached hydrogens (tertiary/aromatic N) is 4. The average molecular weight is 384 g/mol. The third-order valence-electron chi connectivity index (χ3n) is 5.03. The second-order valence-electron chi connectivity index (χ2n) is 6.84. The molecule has 2 aromatic heterocycles. The van der Waals surface area contributed by atoms with Crippen LogP contribution in [0.2, 0.25) is 5.02 Å². The van der Waals surface area contributed by atoms with Crippen LogP contribution in [0.15, 0.2) is 36.5 Å². The molecular weight excluding hydrogens is 362 g/mol. The van der Waals surface area contributed by atoms with Gasteiger partial charge in [0.05, 0.1) is 22.0 Å². The third-order valence-corrected chi connectivity index (χ3v) is 5.36. The Morgan fingerprint density at radius 2 is 2.04 bits per heavy atom. The van der Waals surface area contributed by atoms with E-state index >= 15 is 0 Å². The molecule has 0 aliphatic carbocycles. The molecule has 7 heteroatoms. The molecule has 3 heterocycles. The van der Waals surface area contributed by atoms with Gasteiger partial charge in [-0.3, -0.25) is 4.79 Å². The number of aryl methyl sites for hydroxylation is 1. The zero-order valence-electron chi connectivity index (χ0n) is 15.3. The number of benzene rings is 1. The van der Waals surface area contributed by atoms with Crippen LogP contribution >= 0.6 is 11.6 Å². The quantitative estimate of drug-likeness (QED) is 0.735. The van der Waals surface area contributed by atoms with Gasteiger partial charge in [0.1, 0.15) is 0 Å². The van der Waals surface area contributed by atoms with Crippen molar-refractivity contribution in [2.75, 3.05) is 26.2 Å². The van der Waals surface area contributed by atoms with E-state index in [1.54, 1.807) is 10.7 Å². The molecule has 3 aromatic rings. The molecule has 27 heavy (non-hydrogen) atoms. The fourth-order valence-electron chi connectivity index (χ4n) is 3.50. The Bertz CT molecular complexity index is 978. The maximum absolute atomic E-state index is 12.6. The predicted octanol–water partition coefficient (Wildman–Crippen LogP) is 3.18. The maximum Gasteiger partial charge on any atom is 0.254 e. The first-order valence-corrected chi connectivity index (χ1v) is 9.62. The summed E-state index contributed by atoms with van der Waals surface area (Å²) in [5.74, 6) is -0.115. The van der Waals surface area contributed by atoms with Crippen LogP contribution in [0.3, 0.4) is 0 Å². The number of aromatic nitrogens is 3. The normalized spacial score (nSPS) is 14.7. The van der Waals surface area contributed by atoms with Gasteiger partial charge < -0.3 is 10.2 Å². The van der Waals surface area contributed by atoms with Crippen molar-refractivity contribution in [3.05, 3.63) is 52.8 Å². The highest BCUT2D eigenvalue weighted by atomic mass is 35.5. The molecule has 1 aliphatic heterocycles. The molecule has 1 saturated heterocycles. The second-order valence-corrected chi connectivity index (χ2v) is 7.25. The van der Waals surface area contributed by atoms with E-state index < -0.39 is 0 Å². The van der Waals surface area contributed by atoms with E-state index in [1.165, 1.54) is 12.8 Å². The highest BCUT2D eigenvalue weighted by Crippen LogP contribution is 2.27. The van der Waals surface area contributed by atoms with E-state index in [4.69, 9.17) is 11.6 Å². The number of hydrogen-bond acceptors (Lipinski definition) is 4. The number of likely N-dealkylation sites (tertiary alicyclic amines) is 1. The Kier molecular flexibility index (Phi) is 5.09. The summed E-state index contributed by atoms with van der Waals surface area (Å²) in [6, 6.07) is 9.44. The summed E-state index contributed by atoms with van der Waals surface area (Å²) in [5, 5.41) is 8.24. The van der Waals surface area contributed by atoms with E-state index in [-0.39, 0.29) is 5.91 Å². The highest BCUT2D eigenvalue weighted by molar-refractivity contribution is 6.33. The zero-order valence-corrected chi connectivity index (χ0v) is 16.0. The summed E-state index contributed by atoms with van der Waals surface area (Å²) in [7, 11) is 0. The van der Waals surface area contributed by atoms with Crippen molar-refractivity contribution in [3.63, 3.8) is 0 Å². The second kappa shape index (κ2) is 7.66. The van der Waals surface area contributed by atoms with Crippen LogP contribution in [-0.2, 0) is 0 Å². The summed E-state index contributed by atoms with van der Waals surface area (Å²) in [6.45, 7) is 5.66. The molecule has 1 N–H and O–H groups in total. The monoisotopic (exact) mass is 383 g/mol. The smallest absolute Gasteiger partial charge is 0.254 e. The lowest BCUT2D eigenvalue weighted by molar-refractivity contribution is 0.0948. The van der Waals surface area contributed by atoms with E-state index in [2.05, 4.69) is 20.3 Å². The van der Waals surface area contributed by atoms with Gasteiger partial charge >= 0.3 is 0 Å². The minimum Gasteiger partial charge on any atom is -0.351 e. The molecular formula is C20H22ClN5O. The lowest BCUT2D eigenvalue weighted by Gasteiger charge is -2.15. The number of fused-ring (bicyclic) bond motifs is 1. The first-order chi connectivity index (χ1) is 13.1. The minimum absolute atomic E-state index is 0.115. The van der Waals surface area contributed by atoms with Crippen LogP contribution in [0.4, 0.5) is 0 Å². The summed E-state index contributed by atoms with van der Waals surface area (Å²) >= 11 is 6.28. The Balaban J connectivity index is 1.54. The lowest BCUT2D eigenvalue weighted by Crippen LogP contribution is -2.34. The van der Waals surface area contributed by atoms with Crippen LogP contribution in [-0.4, -0.2) is 51.6 Å². The van der Waals surface area contributed by atoms with Crippen LogP contribution in [0.25, 0.3) is 16.9 Å². The van der Waals surface area contributed by atoms with Crippen LogP contribution < -0.4 is 5.32 Å². The van der Waals surface area contributed by atoms with Gasteiger partial charge in [-0.25, -0.2) is 9.50 Å². The van der Waals surface area contributed by atoms with Gasteiger partial charge in [0.15, 0.2) is 5.65 Å². The van der Waals surface area contributed by atoms with Gasteiger partial charge in [-0.1, -0.05) is 29.8 Å². The number of hydrogen-bond donors (Lipinski definition) is 1. The first kappa shape index (κ1) is 17.9. The van der Waals surface area contributed by atoms with Gasteiger partial charge in [0.2, 0.25) is 0 Å². The largest absolute Gasteiger partial charge is 0.351 e. The molecule has 0 saturated carbocycles. The maximum atomic E-state index is 12.6. The number of amides is 1. The molecule has 0 spiro atoms. The van der Waals surface area contributed by atoms with Gasteiger partial charge in [-0.05, 0) is 38.9 Å². The van der Waals surface area contributed by atoms with Crippen molar-refractivity contribution in [2.45, 2.75) is 19.8 Å². The molecule has 140 valence electrons. The number of nitrogens with one attached hydrogen (secondary N) is 1. The molecule has 1 amide bonds. The van der Waals surface area contributed by atoms with Gasteiger partial charge in [-0.15, -0.1) is 0 Å². The van der Waals surface area contributed by atoms with Crippen molar-refractivity contribution in [1.82, 2.24) is 24.8 Å². The van der Waals surface area contributed by atoms with E-state index in [0.29, 0.717) is 22.8 Å². The number of carbonyl (C=O) groups excluding carboxylic acids is 1. The van der Waals surface area contributed by atoms with Crippen molar-refractivity contribution < 1.29 is 4.79 Å². The first-order valence-electron chi connectivity index (χ1n) is 9.24. The van der Waals surface area contributed by atoms with E-state index in [9.17, 15) is 4.79 Å². The standard InChI is InChI=1S/C20H22ClN5O/c1-14-16(20(27)22-8-11-25-9-4-5-10-25)13-23-19-12-18(24-26(14)19)15-6-2-3-7-17(15)21/h2-3,6-7,12-13H,4-5,8-11H2,1H3,(H,22,27). The summed E-state index contributed by atoms with van der Waals surface area (Å²) in [4.78, 5) is 19.4. The molecule has 0 atom stereocenters. The summed E-state index contributed by atoms with van der Waals surface area (Å²) < 4.78 is 1.70. The zero-order chi connectivity index (χ0) is 18.8. The molecule has 6 nitrogen and oxygen atoms in total. The topological polar surface area (TPSA) is 62.5 Å². The average Bonchev–Trinajstić information content (AvgIpc) is 3.32. The predicted molar refractivity (Wildman–Crippen MR) is 106 cm³/mol. The Morgan fingerprint density at radius 3 is 2.81 bits per heavy atom. The van der Waals surface area contributed by atoms with Crippen molar-refractivity contribution >= 4 is 23.2 Å². The van der Waals surface area contributed by atoms with Crippen LogP contribution in [0.5, 0.6) is 0 Å². The van der Waals surface area contributed by atoms with Crippen LogP contribution in [0, 0.1) is 6.92 Å². The molecule has 1 fully saturated rings. The lowest BCUT2D eigenvalue weighted by atomic mass is 10.1. The Labute approximate surface area is 163 Å². The van der Waals surface area contributed by atoms with Crippen molar-refractivity contribution in [1.29, 1.82) is 0 Å². The molecule has 0 radical (unpaired) electrons. The van der Waals surface area contributed by atoms with E-state index in [0.717, 1.165) is 36.6 Å². The van der Waals surface area contributed by atoms with E-state index in [1.807, 2.05) is 37.3 Å². The highest BCUT2D eigenvalue weighted by Gasteiger charge is 2.16. The third kappa shape index (κ3) is 3.68. The summed E-state index contributed by atoms with van der Waals surface area (Å²) in [5.41, 5.74) is 3.58. The minimum atomic E-state index is -0.115.